The van der Waals surface area contributed by atoms with Crippen LogP contribution in [-0.2, 0) is 4.79 Å². The summed E-state index contributed by atoms with van der Waals surface area (Å²) in [5.74, 6) is 0.803. The number of carbonyl (C=O) groups excluding carboxylic acids is 1. The van der Waals surface area contributed by atoms with Crippen LogP contribution >= 0.6 is 11.6 Å². The number of hydrogen-bond donors (Lipinski definition) is 1. The number of carbonyl (C=O) groups is 1. The zero-order chi connectivity index (χ0) is 13.0. The van der Waals surface area contributed by atoms with Crippen LogP contribution in [0.2, 0.25) is 5.02 Å². The number of aromatic nitrogens is 1. The van der Waals surface area contributed by atoms with Gasteiger partial charge in [-0.25, -0.2) is 4.98 Å². The van der Waals surface area contributed by atoms with Gasteiger partial charge in [-0.3, -0.25) is 4.79 Å². The van der Waals surface area contributed by atoms with E-state index < -0.39 is 0 Å². The second-order valence-corrected chi connectivity index (χ2v) is 4.01. The fraction of sp³-hybridized carbons (Fsp3) is 0.0769. The Morgan fingerprint density at radius 3 is 2.94 bits per heavy atom. The fourth-order valence-electron chi connectivity index (χ4n) is 1.33. The quantitative estimate of drug-likeness (QED) is 0.864. The van der Waals surface area contributed by atoms with Gasteiger partial charge in [0.05, 0.1) is 17.0 Å². The lowest BCUT2D eigenvalue weighted by Crippen LogP contribution is -2.09. The van der Waals surface area contributed by atoms with E-state index in [-0.39, 0.29) is 5.91 Å². The molecule has 0 bridgehead atoms. The molecule has 0 saturated carbocycles. The normalized spacial score (nSPS) is 10.8. The lowest BCUT2D eigenvalue weighted by molar-refractivity contribution is -0.111. The highest BCUT2D eigenvalue weighted by atomic mass is 35.5. The van der Waals surface area contributed by atoms with Crippen LogP contribution < -0.4 is 5.32 Å². The highest BCUT2D eigenvalue weighted by molar-refractivity contribution is 6.31. The molecule has 0 aromatic carbocycles. The van der Waals surface area contributed by atoms with E-state index in [9.17, 15) is 4.79 Å². The number of hydrogen-bond acceptors (Lipinski definition) is 3. The third-order valence-electron chi connectivity index (χ3n) is 2.21. The van der Waals surface area contributed by atoms with E-state index >= 15 is 0 Å². The summed E-state index contributed by atoms with van der Waals surface area (Å²) in [4.78, 5) is 15.7. The van der Waals surface area contributed by atoms with Gasteiger partial charge in [0.15, 0.2) is 0 Å². The molecule has 0 radical (unpaired) electrons. The largest absolute Gasteiger partial charge is 0.465 e. The molecule has 0 unspecified atom stereocenters. The molecule has 1 amide bonds. The first kappa shape index (κ1) is 12.4. The highest BCUT2D eigenvalue weighted by Gasteiger charge is 2.02. The molecule has 0 aliphatic carbocycles. The van der Waals surface area contributed by atoms with E-state index in [1.807, 2.05) is 0 Å². The molecule has 0 fully saturated rings. The van der Waals surface area contributed by atoms with Gasteiger partial charge in [0.1, 0.15) is 11.6 Å². The lowest BCUT2D eigenvalue weighted by Gasteiger charge is -2.03. The van der Waals surface area contributed by atoms with E-state index in [2.05, 4.69) is 10.3 Å². The number of aryl methyl sites for hydroxylation is 1. The molecule has 0 spiro atoms. The maximum atomic E-state index is 11.6. The molecule has 0 saturated heterocycles. The second-order valence-electron chi connectivity index (χ2n) is 3.60. The number of pyridine rings is 1. The van der Waals surface area contributed by atoms with Crippen LogP contribution in [-0.4, -0.2) is 10.9 Å². The van der Waals surface area contributed by atoms with Gasteiger partial charge in [0.25, 0.3) is 0 Å². The molecule has 0 aliphatic heterocycles. The maximum absolute atomic E-state index is 11.6. The van der Waals surface area contributed by atoms with E-state index in [1.165, 1.54) is 6.08 Å². The van der Waals surface area contributed by atoms with Crippen molar-refractivity contribution in [3.63, 3.8) is 0 Å². The average Bonchev–Trinajstić information content (AvgIpc) is 2.84. The van der Waals surface area contributed by atoms with E-state index in [1.54, 1.807) is 43.5 Å². The predicted octanol–water partition coefficient (Wildman–Crippen LogP) is 3.29. The summed E-state index contributed by atoms with van der Waals surface area (Å²) < 4.78 is 5.07. The third kappa shape index (κ3) is 3.21. The standard InChI is InChI=1S/C13H11ClN2O2/c1-9-11(14)5-6-12(15-9)16-13(17)7-4-10-3-2-8-18-10/h2-8H,1H3,(H,15,16,17)/b7-4+. The predicted molar refractivity (Wildman–Crippen MR) is 70.4 cm³/mol. The van der Waals surface area contributed by atoms with Gasteiger partial charge in [-0.15, -0.1) is 0 Å². The number of furan rings is 1. The highest BCUT2D eigenvalue weighted by Crippen LogP contribution is 2.15. The minimum Gasteiger partial charge on any atom is -0.465 e. The minimum atomic E-state index is -0.277. The van der Waals surface area contributed by atoms with Gasteiger partial charge >= 0.3 is 0 Å². The van der Waals surface area contributed by atoms with Crippen molar-refractivity contribution in [3.8, 4) is 0 Å². The number of anilines is 1. The molecule has 4 nitrogen and oxygen atoms in total. The first-order chi connectivity index (χ1) is 8.65. The number of rotatable bonds is 3. The van der Waals surface area contributed by atoms with E-state index in [0.717, 1.165) is 0 Å². The van der Waals surface area contributed by atoms with Crippen molar-refractivity contribution in [2.75, 3.05) is 5.32 Å². The molecule has 5 heteroatoms. The van der Waals surface area contributed by atoms with Gasteiger partial charge in [0, 0.05) is 6.08 Å². The molecule has 92 valence electrons. The summed E-state index contributed by atoms with van der Waals surface area (Å²) in [6, 6.07) is 6.85. The fourth-order valence-corrected chi connectivity index (χ4v) is 1.43. The van der Waals surface area contributed by atoms with Gasteiger partial charge in [0.2, 0.25) is 5.91 Å². The molecule has 2 heterocycles. The molecule has 2 aromatic rings. The van der Waals surface area contributed by atoms with Crippen molar-refractivity contribution >= 4 is 29.4 Å². The SMILES string of the molecule is Cc1nc(NC(=O)/C=C/c2ccco2)ccc1Cl. The molecular formula is C13H11ClN2O2. The van der Waals surface area contributed by atoms with Crippen LogP contribution in [0, 0.1) is 6.92 Å². The Hall–Kier alpha value is -2.07. The van der Waals surface area contributed by atoms with Crippen molar-refractivity contribution in [1.29, 1.82) is 0 Å². The number of amides is 1. The van der Waals surface area contributed by atoms with Crippen LogP contribution in [0.3, 0.4) is 0 Å². The van der Waals surface area contributed by atoms with Gasteiger partial charge in [-0.2, -0.15) is 0 Å². The van der Waals surface area contributed by atoms with Crippen molar-refractivity contribution < 1.29 is 9.21 Å². The Kier molecular flexibility index (Phi) is 3.79. The molecule has 18 heavy (non-hydrogen) atoms. The Labute approximate surface area is 109 Å². The molecule has 2 aromatic heterocycles. The first-order valence-corrected chi connectivity index (χ1v) is 5.68. The number of halogens is 1. The minimum absolute atomic E-state index is 0.277. The summed E-state index contributed by atoms with van der Waals surface area (Å²) in [6.07, 6.45) is 4.50. The molecule has 1 N–H and O–H groups in total. The molecule has 0 aliphatic rings. The van der Waals surface area contributed by atoms with Crippen molar-refractivity contribution in [1.82, 2.24) is 4.98 Å². The maximum Gasteiger partial charge on any atom is 0.249 e. The van der Waals surface area contributed by atoms with Crippen LogP contribution in [0.1, 0.15) is 11.5 Å². The monoisotopic (exact) mass is 262 g/mol. The van der Waals surface area contributed by atoms with E-state index in [0.29, 0.717) is 22.3 Å². The summed E-state index contributed by atoms with van der Waals surface area (Å²) in [7, 11) is 0. The van der Waals surface area contributed by atoms with Crippen molar-refractivity contribution in [2.24, 2.45) is 0 Å². The lowest BCUT2D eigenvalue weighted by atomic mass is 10.3. The second kappa shape index (κ2) is 5.51. The Morgan fingerprint density at radius 1 is 1.44 bits per heavy atom. The van der Waals surface area contributed by atoms with Crippen LogP contribution in [0.25, 0.3) is 6.08 Å². The summed E-state index contributed by atoms with van der Waals surface area (Å²) in [5.41, 5.74) is 0.671. The summed E-state index contributed by atoms with van der Waals surface area (Å²) >= 11 is 5.84. The van der Waals surface area contributed by atoms with Crippen LogP contribution in [0.5, 0.6) is 0 Å². The smallest absolute Gasteiger partial charge is 0.249 e. The zero-order valence-electron chi connectivity index (χ0n) is 9.68. The van der Waals surface area contributed by atoms with Gasteiger partial charge in [-0.05, 0) is 37.3 Å². The third-order valence-corrected chi connectivity index (χ3v) is 2.61. The first-order valence-electron chi connectivity index (χ1n) is 5.31. The Morgan fingerprint density at radius 2 is 2.28 bits per heavy atom. The summed E-state index contributed by atoms with van der Waals surface area (Å²) in [5, 5.41) is 3.20. The van der Waals surface area contributed by atoms with Crippen LogP contribution in [0.15, 0.2) is 41.0 Å². The molecule has 0 atom stereocenters. The number of nitrogens with one attached hydrogen (secondary N) is 1. The Balaban J connectivity index is 2.01. The molecular weight excluding hydrogens is 252 g/mol. The van der Waals surface area contributed by atoms with Crippen LogP contribution in [0.4, 0.5) is 5.82 Å². The van der Waals surface area contributed by atoms with Gasteiger partial charge in [-0.1, -0.05) is 11.6 Å². The van der Waals surface area contributed by atoms with E-state index in [4.69, 9.17) is 16.0 Å². The zero-order valence-corrected chi connectivity index (χ0v) is 10.4. The molecule has 2 rings (SSSR count). The Bertz CT molecular complexity index is 577. The topological polar surface area (TPSA) is 55.1 Å². The average molecular weight is 263 g/mol. The van der Waals surface area contributed by atoms with Gasteiger partial charge < -0.3 is 9.73 Å². The van der Waals surface area contributed by atoms with Crippen molar-refractivity contribution in [3.05, 3.63) is 53.1 Å². The summed E-state index contributed by atoms with van der Waals surface area (Å²) in [6.45, 7) is 1.77. The van der Waals surface area contributed by atoms with Crippen molar-refractivity contribution in [2.45, 2.75) is 6.92 Å². The number of nitrogens with zero attached hydrogens (tertiary/aromatic N) is 1.